The molecule has 5 heteroatoms. The number of rotatable bonds is 4. The highest BCUT2D eigenvalue weighted by atomic mass is 32.1. The van der Waals surface area contributed by atoms with Crippen LogP contribution in [0.5, 0.6) is 0 Å². The molecule has 20 heavy (non-hydrogen) atoms. The van der Waals surface area contributed by atoms with Crippen LogP contribution in [0.2, 0.25) is 0 Å². The normalized spacial score (nSPS) is 28.9. The van der Waals surface area contributed by atoms with Gasteiger partial charge in [-0.25, -0.2) is 4.99 Å². The van der Waals surface area contributed by atoms with Gasteiger partial charge in [-0.2, -0.15) is 0 Å². The Morgan fingerprint density at radius 1 is 1.50 bits per heavy atom. The van der Waals surface area contributed by atoms with E-state index in [1.807, 2.05) is 0 Å². The van der Waals surface area contributed by atoms with Crippen LogP contribution >= 0.6 is 11.3 Å². The number of hydrogen-bond acceptors (Lipinski definition) is 3. The Kier molecular flexibility index (Phi) is 4.27. The SMILES string of the molecule is CCNC(=NCc1sccc1C)NC1CC2CCC1O2. The number of aryl methyl sites for hydroxylation is 1. The average Bonchev–Trinajstić information content (AvgIpc) is 3.13. The largest absolute Gasteiger partial charge is 0.373 e. The lowest BCUT2D eigenvalue weighted by Gasteiger charge is -2.22. The summed E-state index contributed by atoms with van der Waals surface area (Å²) < 4.78 is 5.89. The second kappa shape index (κ2) is 6.14. The maximum absolute atomic E-state index is 5.89. The fourth-order valence-electron chi connectivity index (χ4n) is 3.00. The fourth-order valence-corrected chi connectivity index (χ4v) is 3.83. The molecule has 3 rings (SSSR count). The number of thiophene rings is 1. The quantitative estimate of drug-likeness (QED) is 0.662. The first-order chi connectivity index (χ1) is 9.76. The van der Waals surface area contributed by atoms with Crippen LogP contribution in [-0.2, 0) is 11.3 Å². The van der Waals surface area contributed by atoms with Crippen LogP contribution in [-0.4, -0.2) is 30.8 Å². The van der Waals surface area contributed by atoms with Gasteiger partial charge in [-0.15, -0.1) is 11.3 Å². The van der Waals surface area contributed by atoms with Crippen molar-refractivity contribution < 1.29 is 4.74 Å². The highest BCUT2D eigenvalue weighted by Crippen LogP contribution is 2.34. The van der Waals surface area contributed by atoms with E-state index in [4.69, 9.17) is 9.73 Å². The Balaban J connectivity index is 1.61. The van der Waals surface area contributed by atoms with E-state index in [2.05, 4.69) is 35.9 Å². The van der Waals surface area contributed by atoms with E-state index >= 15 is 0 Å². The van der Waals surface area contributed by atoms with Crippen LogP contribution in [0.3, 0.4) is 0 Å². The van der Waals surface area contributed by atoms with Crippen molar-refractivity contribution in [1.82, 2.24) is 10.6 Å². The van der Waals surface area contributed by atoms with Crippen molar-refractivity contribution in [2.75, 3.05) is 6.54 Å². The molecule has 0 saturated carbocycles. The van der Waals surface area contributed by atoms with Crippen LogP contribution in [0.4, 0.5) is 0 Å². The predicted molar refractivity (Wildman–Crippen MR) is 83.3 cm³/mol. The van der Waals surface area contributed by atoms with Gasteiger partial charge >= 0.3 is 0 Å². The van der Waals surface area contributed by atoms with E-state index in [-0.39, 0.29) is 0 Å². The second-order valence-corrected chi connectivity index (χ2v) is 6.58. The van der Waals surface area contributed by atoms with Crippen LogP contribution in [0.25, 0.3) is 0 Å². The summed E-state index contributed by atoms with van der Waals surface area (Å²) >= 11 is 1.78. The van der Waals surface area contributed by atoms with E-state index in [1.54, 1.807) is 11.3 Å². The van der Waals surface area contributed by atoms with Gasteiger partial charge in [0.05, 0.1) is 24.8 Å². The van der Waals surface area contributed by atoms with E-state index in [1.165, 1.54) is 23.3 Å². The highest BCUT2D eigenvalue weighted by molar-refractivity contribution is 7.10. The summed E-state index contributed by atoms with van der Waals surface area (Å²) in [4.78, 5) is 6.05. The first-order valence-electron chi connectivity index (χ1n) is 7.49. The zero-order valence-corrected chi connectivity index (χ0v) is 13.0. The fraction of sp³-hybridized carbons (Fsp3) is 0.667. The van der Waals surface area contributed by atoms with Gasteiger partial charge in [0, 0.05) is 11.4 Å². The molecule has 1 aromatic heterocycles. The van der Waals surface area contributed by atoms with Crippen molar-refractivity contribution in [2.24, 2.45) is 4.99 Å². The molecule has 1 aromatic rings. The van der Waals surface area contributed by atoms with E-state index in [9.17, 15) is 0 Å². The molecular formula is C15H23N3OS. The molecule has 3 unspecified atom stereocenters. The maximum atomic E-state index is 5.89. The lowest BCUT2D eigenvalue weighted by atomic mass is 9.96. The Bertz CT molecular complexity index is 485. The lowest BCUT2D eigenvalue weighted by Crippen LogP contribution is -2.47. The monoisotopic (exact) mass is 293 g/mol. The van der Waals surface area contributed by atoms with E-state index < -0.39 is 0 Å². The summed E-state index contributed by atoms with van der Waals surface area (Å²) in [6.45, 7) is 5.88. The third kappa shape index (κ3) is 2.99. The molecule has 3 atom stereocenters. The first kappa shape index (κ1) is 13.9. The third-order valence-corrected chi connectivity index (χ3v) is 5.13. The topological polar surface area (TPSA) is 45.7 Å². The van der Waals surface area contributed by atoms with Gasteiger partial charge in [0.15, 0.2) is 5.96 Å². The number of guanidine groups is 1. The van der Waals surface area contributed by atoms with Crippen molar-refractivity contribution in [3.63, 3.8) is 0 Å². The molecule has 2 aliphatic heterocycles. The molecule has 2 aliphatic rings. The van der Waals surface area contributed by atoms with Crippen molar-refractivity contribution in [1.29, 1.82) is 0 Å². The van der Waals surface area contributed by atoms with E-state index in [0.717, 1.165) is 25.5 Å². The summed E-state index contributed by atoms with van der Waals surface area (Å²) in [6, 6.07) is 2.58. The molecule has 0 spiro atoms. The molecule has 4 nitrogen and oxygen atoms in total. The molecule has 2 bridgehead atoms. The molecule has 0 aromatic carbocycles. The molecule has 2 N–H and O–H groups in total. The molecule has 2 fully saturated rings. The zero-order valence-electron chi connectivity index (χ0n) is 12.2. The molecule has 2 saturated heterocycles. The van der Waals surface area contributed by atoms with E-state index in [0.29, 0.717) is 18.2 Å². The van der Waals surface area contributed by atoms with Gasteiger partial charge in [-0.05, 0) is 50.1 Å². The predicted octanol–water partition coefficient (Wildman–Crippen LogP) is 2.43. The molecule has 0 amide bonds. The summed E-state index contributed by atoms with van der Waals surface area (Å²) in [5, 5.41) is 9.02. The Hall–Kier alpha value is -1.07. The van der Waals surface area contributed by atoms with Crippen LogP contribution in [0, 0.1) is 6.92 Å². The standard InChI is InChI=1S/C15H23N3OS/c1-3-16-15(17-9-14-10(2)6-7-20-14)18-12-8-11-4-5-13(12)19-11/h6-7,11-13H,3-5,8-9H2,1-2H3,(H2,16,17,18). The summed E-state index contributed by atoms with van der Waals surface area (Å²) in [5.41, 5.74) is 1.33. The Morgan fingerprint density at radius 3 is 3.00 bits per heavy atom. The van der Waals surface area contributed by atoms with Crippen molar-refractivity contribution in [2.45, 2.75) is 57.9 Å². The van der Waals surface area contributed by atoms with Gasteiger partial charge in [0.25, 0.3) is 0 Å². The summed E-state index contributed by atoms with van der Waals surface area (Å²) in [5.74, 6) is 0.918. The summed E-state index contributed by atoms with van der Waals surface area (Å²) in [7, 11) is 0. The lowest BCUT2D eigenvalue weighted by molar-refractivity contribution is 0.0992. The van der Waals surface area contributed by atoms with Crippen LogP contribution < -0.4 is 10.6 Å². The third-order valence-electron chi connectivity index (χ3n) is 4.12. The molecular weight excluding hydrogens is 270 g/mol. The molecule has 110 valence electrons. The van der Waals surface area contributed by atoms with Crippen molar-refractivity contribution in [3.8, 4) is 0 Å². The Morgan fingerprint density at radius 2 is 2.40 bits per heavy atom. The molecule has 0 aliphatic carbocycles. The number of ether oxygens (including phenoxy) is 1. The minimum absolute atomic E-state index is 0.382. The van der Waals surface area contributed by atoms with Gasteiger partial charge in [0.2, 0.25) is 0 Å². The maximum Gasteiger partial charge on any atom is 0.191 e. The Labute approximate surface area is 124 Å². The zero-order chi connectivity index (χ0) is 13.9. The number of hydrogen-bond donors (Lipinski definition) is 2. The smallest absolute Gasteiger partial charge is 0.191 e. The van der Waals surface area contributed by atoms with Gasteiger partial charge in [-0.1, -0.05) is 0 Å². The number of nitrogens with zero attached hydrogens (tertiary/aromatic N) is 1. The molecule has 3 heterocycles. The minimum atomic E-state index is 0.382. The number of nitrogens with one attached hydrogen (secondary N) is 2. The van der Waals surface area contributed by atoms with Gasteiger partial charge in [-0.3, -0.25) is 0 Å². The van der Waals surface area contributed by atoms with Crippen molar-refractivity contribution >= 4 is 17.3 Å². The first-order valence-corrected chi connectivity index (χ1v) is 8.37. The van der Waals surface area contributed by atoms with Crippen molar-refractivity contribution in [3.05, 3.63) is 21.9 Å². The minimum Gasteiger partial charge on any atom is -0.373 e. The number of aliphatic imine (C=N–C) groups is 1. The van der Waals surface area contributed by atoms with Gasteiger partial charge < -0.3 is 15.4 Å². The second-order valence-electron chi connectivity index (χ2n) is 5.58. The highest BCUT2D eigenvalue weighted by Gasteiger charge is 2.41. The average molecular weight is 293 g/mol. The van der Waals surface area contributed by atoms with Crippen LogP contribution in [0.15, 0.2) is 16.4 Å². The van der Waals surface area contributed by atoms with Gasteiger partial charge in [0.1, 0.15) is 0 Å². The molecule has 0 radical (unpaired) electrons. The van der Waals surface area contributed by atoms with Crippen LogP contribution in [0.1, 0.15) is 36.6 Å². The summed E-state index contributed by atoms with van der Waals surface area (Å²) in [6.07, 6.45) is 4.39. The number of fused-ring (bicyclic) bond motifs is 2.